The number of carbonyl (C=O) groups excluding carboxylic acids is 2. The quantitative estimate of drug-likeness (QED) is 0.778. The molecule has 3 N–H and O–H groups in total. The van der Waals surface area contributed by atoms with Gasteiger partial charge >= 0.3 is 0 Å². The minimum atomic E-state index is -0.768. The molecule has 0 spiro atoms. The van der Waals surface area contributed by atoms with Crippen LogP contribution in [0.1, 0.15) is 23.8 Å². The second-order valence-corrected chi connectivity index (χ2v) is 6.04. The van der Waals surface area contributed by atoms with E-state index >= 15 is 0 Å². The van der Waals surface area contributed by atoms with Crippen LogP contribution in [0.5, 0.6) is 5.75 Å². The zero-order chi connectivity index (χ0) is 17.3. The second kappa shape index (κ2) is 6.52. The van der Waals surface area contributed by atoms with E-state index in [2.05, 4.69) is 10.3 Å². The van der Waals surface area contributed by atoms with Crippen LogP contribution >= 0.6 is 0 Å². The molecule has 1 aromatic heterocycles. The van der Waals surface area contributed by atoms with Crippen LogP contribution in [0.15, 0.2) is 24.3 Å². The highest BCUT2D eigenvalue weighted by Gasteiger charge is 2.30. The topological polar surface area (TPSA) is 94.7 Å². The summed E-state index contributed by atoms with van der Waals surface area (Å²) in [7, 11) is 1.59. The first-order chi connectivity index (χ1) is 11.5. The molecule has 2 heterocycles. The molecular weight excluding hydrogens is 310 g/mol. The van der Waals surface area contributed by atoms with Gasteiger partial charge in [0.05, 0.1) is 19.3 Å². The van der Waals surface area contributed by atoms with Gasteiger partial charge in [-0.1, -0.05) is 0 Å². The van der Waals surface area contributed by atoms with Gasteiger partial charge in [0.25, 0.3) is 5.91 Å². The number of piperidine rings is 1. The lowest BCUT2D eigenvalue weighted by Gasteiger charge is -2.35. The van der Waals surface area contributed by atoms with Crippen molar-refractivity contribution < 1.29 is 19.4 Å². The molecular formula is C17H21N3O4. The number of benzene rings is 1. The van der Waals surface area contributed by atoms with Gasteiger partial charge in [0.2, 0.25) is 5.91 Å². The second-order valence-electron chi connectivity index (χ2n) is 6.04. The number of H-pyrrole nitrogens is 1. The fourth-order valence-corrected chi connectivity index (χ4v) is 2.99. The summed E-state index contributed by atoms with van der Waals surface area (Å²) >= 11 is 0. The van der Waals surface area contributed by atoms with E-state index in [4.69, 9.17) is 4.74 Å². The van der Waals surface area contributed by atoms with Crippen molar-refractivity contribution in [3.05, 3.63) is 30.0 Å². The number of nitrogens with zero attached hydrogens (tertiary/aromatic N) is 1. The van der Waals surface area contributed by atoms with E-state index in [1.165, 1.54) is 6.92 Å². The Morgan fingerprint density at radius 3 is 2.83 bits per heavy atom. The molecule has 2 amide bonds. The Bertz CT molecular complexity index is 770. The van der Waals surface area contributed by atoms with Crippen molar-refractivity contribution in [1.29, 1.82) is 0 Å². The number of β-amino-alcohol motifs (C(OH)–C–C–N with tert-alkyl or cyclic N) is 1. The molecule has 1 saturated heterocycles. The maximum absolute atomic E-state index is 12.4. The first-order valence-corrected chi connectivity index (χ1v) is 7.89. The van der Waals surface area contributed by atoms with E-state index in [-0.39, 0.29) is 24.4 Å². The maximum Gasteiger partial charge on any atom is 0.268 e. The Hall–Kier alpha value is -2.54. The summed E-state index contributed by atoms with van der Waals surface area (Å²) in [4.78, 5) is 28.4. The average molecular weight is 331 g/mol. The van der Waals surface area contributed by atoms with Gasteiger partial charge in [-0.15, -0.1) is 0 Å². The first kappa shape index (κ1) is 16.3. The average Bonchev–Trinajstić information content (AvgIpc) is 2.99. The van der Waals surface area contributed by atoms with Gasteiger partial charge < -0.3 is 25.0 Å². The maximum atomic E-state index is 12.4. The van der Waals surface area contributed by atoms with Crippen LogP contribution in [0.25, 0.3) is 10.9 Å². The van der Waals surface area contributed by atoms with Gasteiger partial charge in [0, 0.05) is 30.9 Å². The van der Waals surface area contributed by atoms with E-state index in [1.54, 1.807) is 18.1 Å². The summed E-state index contributed by atoms with van der Waals surface area (Å²) in [5, 5.41) is 13.9. The summed E-state index contributed by atoms with van der Waals surface area (Å²) in [6, 6.07) is 6.91. The fraction of sp³-hybridized carbons (Fsp3) is 0.412. The molecule has 1 fully saturated rings. The minimum Gasteiger partial charge on any atom is -0.497 e. The van der Waals surface area contributed by atoms with Crippen molar-refractivity contribution in [1.82, 2.24) is 15.2 Å². The molecule has 0 saturated carbocycles. The number of fused-ring (bicyclic) bond motifs is 1. The number of aromatic amines is 1. The fourth-order valence-electron chi connectivity index (χ4n) is 2.99. The van der Waals surface area contributed by atoms with Gasteiger partial charge in [-0.25, -0.2) is 0 Å². The van der Waals surface area contributed by atoms with Crippen LogP contribution in [-0.2, 0) is 4.79 Å². The van der Waals surface area contributed by atoms with Crippen LogP contribution in [0.3, 0.4) is 0 Å². The highest BCUT2D eigenvalue weighted by atomic mass is 16.5. The Labute approximate surface area is 139 Å². The van der Waals surface area contributed by atoms with E-state index in [9.17, 15) is 14.7 Å². The number of carbonyl (C=O) groups is 2. The zero-order valence-corrected chi connectivity index (χ0v) is 13.7. The smallest absolute Gasteiger partial charge is 0.268 e. The number of aromatic nitrogens is 1. The number of amides is 2. The van der Waals surface area contributed by atoms with Gasteiger partial charge in [-0.05, 0) is 30.7 Å². The third-order valence-corrected chi connectivity index (χ3v) is 4.42. The van der Waals surface area contributed by atoms with Gasteiger partial charge in [0.15, 0.2) is 0 Å². The number of likely N-dealkylation sites (tertiary alicyclic amines) is 1. The van der Waals surface area contributed by atoms with Crippen LogP contribution in [0.4, 0.5) is 0 Å². The van der Waals surface area contributed by atoms with Crippen molar-refractivity contribution in [2.24, 2.45) is 0 Å². The highest BCUT2D eigenvalue weighted by Crippen LogP contribution is 2.21. The predicted octanol–water partition coefficient (Wildman–Crippen LogP) is 0.888. The first-order valence-electron chi connectivity index (χ1n) is 7.89. The Morgan fingerprint density at radius 2 is 2.17 bits per heavy atom. The molecule has 0 aliphatic carbocycles. The Balaban J connectivity index is 1.70. The number of nitrogens with one attached hydrogen (secondary N) is 2. The van der Waals surface area contributed by atoms with Crippen molar-refractivity contribution in [2.45, 2.75) is 25.5 Å². The molecule has 2 aromatic rings. The van der Waals surface area contributed by atoms with E-state index < -0.39 is 6.10 Å². The van der Waals surface area contributed by atoms with E-state index in [0.29, 0.717) is 18.7 Å². The van der Waals surface area contributed by atoms with Crippen LogP contribution in [0.2, 0.25) is 0 Å². The number of ether oxygens (including phenoxy) is 1. The summed E-state index contributed by atoms with van der Waals surface area (Å²) in [6.45, 7) is 2.25. The summed E-state index contributed by atoms with van der Waals surface area (Å²) in [5.74, 6) is 0.384. The van der Waals surface area contributed by atoms with E-state index in [0.717, 1.165) is 16.7 Å². The lowest BCUT2D eigenvalue weighted by Crippen LogP contribution is -2.55. The zero-order valence-electron chi connectivity index (χ0n) is 13.7. The molecule has 0 unspecified atom stereocenters. The molecule has 7 nitrogen and oxygen atoms in total. The van der Waals surface area contributed by atoms with Crippen LogP contribution in [0, 0.1) is 0 Å². The number of rotatable bonds is 3. The van der Waals surface area contributed by atoms with Crippen molar-refractivity contribution in [3.63, 3.8) is 0 Å². The van der Waals surface area contributed by atoms with Crippen molar-refractivity contribution in [3.8, 4) is 5.75 Å². The monoisotopic (exact) mass is 331 g/mol. The van der Waals surface area contributed by atoms with E-state index in [1.807, 2.05) is 18.2 Å². The predicted molar refractivity (Wildman–Crippen MR) is 89.0 cm³/mol. The normalized spacial score (nSPS) is 20.9. The summed E-state index contributed by atoms with van der Waals surface area (Å²) in [5.41, 5.74) is 1.27. The molecule has 2 atom stereocenters. The lowest BCUT2D eigenvalue weighted by atomic mass is 10.0. The Morgan fingerprint density at radius 1 is 1.38 bits per heavy atom. The molecule has 7 heteroatoms. The number of hydrogen-bond acceptors (Lipinski definition) is 4. The largest absolute Gasteiger partial charge is 0.497 e. The summed E-state index contributed by atoms with van der Waals surface area (Å²) in [6.07, 6.45) is -0.239. The molecule has 128 valence electrons. The molecule has 1 aromatic carbocycles. The molecule has 24 heavy (non-hydrogen) atoms. The molecule has 1 aliphatic rings. The minimum absolute atomic E-state index is 0.0663. The highest BCUT2D eigenvalue weighted by molar-refractivity contribution is 5.98. The standard InChI is InChI=1S/C17H21N3O4/c1-10(21)20-6-5-14(16(22)9-20)19-17(23)15-8-11-7-12(24-2)3-4-13(11)18-15/h3-4,7-8,14,16,18,22H,5-6,9H2,1-2H3,(H,19,23)/t14-,16-/m1/s1. The molecule has 0 bridgehead atoms. The van der Waals surface area contributed by atoms with Gasteiger partial charge in [-0.2, -0.15) is 0 Å². The van der Waals surface area contributed by atoms with Crippen LogP contribution in [-0.4, -0.2) is 59.1 Å². The Kier molecular flexibility index (Phi) is 4.44. The van der Waals surface area contributed by atoms with Gasteiger partial charge in [0.1, 0.15) is 11.4 Å². The van der Waals surface area contributed by atoms with Crippen LogP contribution < -0.4 is 10.1 Å². The van der Waals surface area contributed by atoms with Crippen molar-refractivity contribution >= 4 is 22.7 Å². The SMILES string of the molecule is COc1ccc2[nH]c(C(=O)N[C@@H]3CCN(C(C)=O)C[C@H]3O)cc2c1. The molecule has 1 aliphatic heterocycles. The summed E-state index contributed by atoms with van der Waals surface area (Å²) < 4.78 is 5.18. The number of hydrogen-bond donors (Lipinski definition) is 3. The number of methoxy groups -OCH3 is 1. The number of aliphatic hydroxyl groups is 1. The molecule has 3 rings (SSSR count). The third-order valence-electron chi connectivity index (χ3n) is 4.42. The van der Waals surface area contributed by atoms with Crippen molar-refractivity contribution in [2.75, 3.05) is 20.2 Å². The van der Waals surface area contributed by atoms with Gasteiger partial charge in [-0.3, -0.25) is 9.59 Å². The number of aliphatic hydroxyl groups excluding tert-OH is 1. The molecule has 0 radical (unpaired) electrons. The lowest BCUT2D eigenvalue weighted by molar-refractivity contribution is -0.132. The third kappa shape index (κ3) is 3.21.